The standard InChI is InChI=1S/C16H17/c1-2-3-7-14-10-12-16(13-11-14)15-8-5-4-6-9-15/h5-6,8-13H,2-3,7H2,1H3. The van der Waals surface area contributed by atoms with Crippen LogP contribution >= 0.6 is 0 Å². The fraction of sp³-hybridized carbons (Fsp3) is 0.250. The van der Waals surface area contributed by atoms with Crippen molar-refractivity contribution in [1.29, 1.82) is 0 Å². The summed E-state index contributed by atoms with van der Waals surface area (Å²) >= 11 is 0. The van der Waals surface area contributed by atoms with E-state index < -0.39 is 0 Å². The van der Waals surface area contributed by atoms with E-state index in [1.54, 1.807) is 0 Å². The summed E-state index contributed by atoms with van der Waals surface area (Å²) < 4.78 is 0. The quantitative estimate of drug-likeness (QED) is 0.695. The Bertz CT molecular complexity index is 412. The van der Waals surface area contributed by atoms with Crippen molar-refractivity contribution in [2.75, 3.05) is 0 Å². The molecule has 16 heavy (non-hydrogen) atoms. The van der Waals surface area contributed by atoms with Crippen molar-refractivity contribution >= 4 is 0 Å². The second-order valence-electron chi connectivity index (χ2n) is 4.09. The van der Waals surface area contributed by atoms with Gasteiger partial charge in [0.25, 0.3) is 0 Å². The minimum Gasteiger partial charge on any atom is -0.0654 e. The summed E-state index contributed by atoms with van der Waals surface area (Å²) in [5, 5.41) is 0. The molecule has 0 atom stereocenters. The lowest BCUT2D eigenvalue weighted by molar-refractivity contribution is 0.795. The van der Waals surface area contributed by atoms with Crippen LogP contribution in [0.4, 0.5) is 0 Å². The smallest absolute Gasteiger partial charge is 0.0184 e. The molecule has 0 heteroatoms. The summed E-state index contributed by atoms with van der Waals surface area (Å²) in [5.41, 5.74) is 3.99. The highest BCUT2D eigenvalue weighted by Crippen LogP contribution is 2.19. The minimum absolute atomic E-state index is 1.19. The molecule has 0 nitrogen and oxygen atoms in total. The predicted molar refractivity (Wildman–Crippen MR) is 69.3 cm³/mol. The molecule has 0 aliphatic heterocycles. The maximum absolute atomic E-state index is 3.04. The molecule has 0 unspecified atom stereocenters. The van der Waals surface area contributed by atoms with E-state index in [1.165, 1.54) is 36.0 Å². The summed E-state index contributed by atoms with van der Waals surface area (Å²) in [6.07, 6.45) is 3.73. The van der Waals surface area contributed by atoms with Crippen molar-refractivity contribution < 1.29 is 0 Å². The van der Waals surface area contributed by atoms with Crippen molar-refractivity contribution in [1.82, 2.24) is 0 Å². The van der Waals surface area contributed by atoms with Gasteiger partial charge in [-0.2, -0.15) is 0 Å². The highest BCUT2D eigenvalue weighted by atomic mass is 14.0. The molecule has 0 aliphatic carbocycles. The van der Waals surface area contributed by atoms with Gasteiger partial charge in [-0.05, 0) is 35.6 Å². The van der Waals surface area contributed by atoms with Gasteiger partial charge in [0.1, 0.15) is 0 Å². The van der Waals surface area contributed by atoms with Gasteiger partial charge in [0.05, 0.1) is 0 Å². The first-order valence-electron chi connectivity index (χ1n) is 5.95. The van der Waals surface area contributed by atoms with E-state index in [0.717, 1.165) is 0 Å². The zero-order valence-corrected chi connectivity index (χ0v) is 9.74. The van der Waals surface area contributed by atoms with E-state index >= 15 is 0 Å². The molecule has 1 radical (unpaired) electrons. The Labute approximate surface area is 97.9 Å². The van der Waals surface area contributed by atoms with Crippen LogP contribution in [0.15, 0.2) is 48.5 Å². The molecular weight excluding hydrogens is 192 g/mol. The highest BCUT2D eigenvalue weighted by molar-refractivity contribution is 5.63. The van der Waals surface area contributed by atoms with E-state index in [0.29, 0.717) is 0 Å². The molecule has 2 aromatic rings. The number of hydrogen-bond donors (Lipinski definition) is 0. The Morgan fingerprint density at radius 3 is 2.12 bits per heavy atom. The number of rotatable bonds is 4. The van der Waals surface area contributed by atoms with Crippen LogP contribution in [0.5, 0.6) is 0 Å². The molecule has 0 heterocycles. The lowest BCUT2D eigenvalue weighted by atomic mass is 10.0. The topological polar surface area (TPSA) is 0 Å². The van der Waals surface area contributed by atoms with Gasteiger partial charge in [-0.1, -0.05) is 61.9 Å². The third-order valence-corrected chi connectivity index (χ3v) is 2.82. The summed E-state index contributed by atoms with van der Waals surface area (Å²) in [6, 6.07) is 20.0. The van der Waals surface area contributed by atoms with Gasteiger partial charge in [0.15, 0.2) is 0 Å². The first-order valence-corrected chi connectivity index (χ1v) is 5.95. The second kappa shape index (κ2) is 5.50. The van der Waals surface area contributed by atoms with Crippen LogP contribution in [0.1, 0.15) is 25.3 Å². The van der Waals surface area contributed by atoms with Gasteiger partial charge < -0.3 is 0 Å². The van der Waals surface area contributed by atoms with Crippen molar-refractivity contribution in [2.24, 2.45) is 0 Å². The van der Waals surface area contributed by atoms with E-state index in [-0.39, 0.29) is 0 Å². The lowest BCUT2D eigenvalue weighted by Gasteiger charge is -2.03. The van der Waals surface area contributed by atoms with Crippen LogP contribution in [-0.4, -0.2) is 0 Å². The molecule has 0 bridgehead atoms. The average Bonchev–Trinajstić information content (AvgIpc) is 2.38. The SMILES string of the molecule is CCCCc1ccc(-c2cc[c]cc2)cc1. The van der Waals surface area contributed by atoms with E-state index in [2.05, 4.69) is 49.4 Å². The highest BCUT2D eigenvalue weighted by Gasteiger charge is 1.96. The van der Waals surface area contributed by atoms with Gasteiger partial charge in [-0.15, -0.1) is 0 Å². The zero-order chi connectivity index (χ0) is 11.2. The molecular formula is C16H17. The van der Waals surface area contributed by atoms with Crippen molar-refractivity contribution in [3.05, 3.63) is 60.2 Å². The first-order chi connectivity index (χ1) is 7.90. The van der Waals surface area contributed by atoms with Crippen LogP contribution in [-0.2, 0) is 6.42 Å². The minimum atomic E-state index is 1.19. The summed E-state index contributed by atoms with van der Waals surface area (Å²) in [5.74, 6) is 0. The van der Waals surface area contributed by atoms with Crippen LogP contribution in [0.25, 0.3) is 11.1 Å². The van der Waals surface area contributed by atoms with Gasteiger partial charge in [-0.25, -0.2) is 0 Å². The Hall–Kier alpha value is -1.56. The molecule has 2 aromatic carbocycles. The summed E-state index contributed by atoms with van der Waals surface area (Å²) in [7, 11) is 0. The van der Waals surface area contributed by atoms with Crippen LogP contribution in [0.3, 0.4) is 0 Å². The molecule has 0 saturated carbocycles. The third kappa shape index (κ3) is 2.73. The van der Waals surface area contributed by atoms with Gasteiger partial charge in [0.2, 0.25) is 0 Å². The largest absolute Gasteiger partial charge is 0.0654 e. The Morgan fingerprint density at radius 1 is 0.875 bits per heavy atom. The predicted octanol–water partition coefficient (Wildman–Crippen LogP) is 4.50. The zero-order valence-electron chi connectivity index (χ0n) is 9.74. The monoisotopic (exact) mass is 209 g/mol. The lowest BCUT2D eigenvalue weighted by Crippen LogP contribution is -1.84. The fourth-order valence-corrected chi connectivity index (χ4v) is 1.82. The van der Waals surface area contributed by atoms with Crippen molar-refractivity contribution in [2.45, 2.75) is 26.2 Å². The normalized spacial score (nSPS) is 10.3. The maximum atomic E-state index is 3.04. The van der Waals surface area contributed by atoms with Crippen LogP contribution < -0.4 is 0 Å². The molecule has 0 saturated heterocycles. The molecule has 0 spiro atoms. The van der Waals surface area contributed by atoms with E-state index in [4.69, 9.17) is 0 Å². The summed E-state index contributed by atoms with van der Waals surface area (Å²) in [6.45, 7) is 2.23. The van der Waals surface area contributed by atoms with E-state index in [1.807, 2.05) is 12.1 Å². The first kappa shape index (κ1) is 10.9. The van der Waals surface area contributed by atoms with Crippen LogP contribution in [0, 0.1) is 6.07 Å². The summed E-state index contributed by atoms with van der Waals surface area (Å²) in [4.78, 5) is 0. The average molecular weight is 209 g/mol. The molecule has 0 fully saturated rings. The molecule has 2 rings (SSSR count). The maximum Gasteiger partial charge on any atom is -0.0184 e. The number of benzene rings is 2. The Kier molecular flexibility index (Phi) is 3.76. The Balaban J connectivity index is 2.13. The second-order valence-corrected chi connectivity index (χ2v) is 4.09. The molecule has 0 N–H and O–H groups in total. The number of hydrogen-bond acceptors (Lipinski definition) is 0. The van der Waals surface area contributed by atoms with E-state index in [9.17, 15) is 0 Å². The fourth-order valence-electron chi connectivity index (χ4n) is 1.82. The van der Waals surface area contributed by atoms with Gasteiger partial charge >= 0.3 is 0 Å². The van der Waals surface area contributed by atoms with Crippen molar-refractivity contribution in [3.63, 3.8) is 0 Å². The van der Waals surface area contributed by atoms with Gasteiger partial charge in [0, 0.05) is 0 Å². The van der Waals surface area contributed by atoms with Crippen molar-refractivity contribution in [3.8, 4) is 11.1 Å². The Morgan fingerprint density at radius 2 is 1.50 bits per heavy atom. The molecule has 81 valence electrons. The molecule has 0 aliphatic rings. The molecule has 0 aromatic heterocycles. The number of aryl methyl sites for hydroxylation is 1. The third-order valence-electron chi connectivity index (χ3n) is 2.82. The van der Waals surface area contributed by atoms with Gasteiger partial charge in [-0.3, -0.25) is 0 Å². The van der Waals surface area contributed by atoms with Crippen LogP contribution in [0.2, 0.25) is 0 Å². The number of unbranched alkanes of at least 4 members (excludes halogenated alkanes) is 1. The molecule has 0 amide bonds.